The molecule has 2 aromatic rings. The lowest BCUT2D eigenvalue weighted by Gasteiger charge is -2.09. The summed E-state index contributed by atoms with van der Waals surface area (Å²) in [5, 5.41) is 8.00. The maximum Gasteiger partial charge on any atom is 0.119 e. The number of ether oxygens (including phenoxy) is 1. The summed E-state index contributed by atoms with van der Waals surface area (Å²) in [6, 6.07) is 18.5. The van der Waals surface area contributed by atoms with Gasteiger partial charge in [-0.15, -0.1) is 11.8 Å². The first-order valence-electron chi connectivity index (χ1n) is 6.89. The molecule has 1 heterocycles. The van der Waals surface area contributed by atoms with Crippen molar-refractivity contribution in [2.45, 2.75) is 6.42 Å². The summed E-state index contributed by atoms with van der Waals surface area (Å²) in [5.74, 6) is 1.81. The minimum Gasteiger partial charge on any atom is -0.493 e. The van der Waals surface area contributed by atoms with Gasteiger partial charge in [0.2, 0.25) is 0 Å². The summed E-state index contributed by atoms with van der Waals surface area (Å²) in [4.78, 5) is 0. The molecule has 0 aliphatic carbocycles. The van der Waals surface area contributed by atoms with E-state index in [0.717, 1.165) is 23.6 Å². The Labute approximate surface area is 128 Å². The molecule has 0 aromatic heterocycles. The van der Waals surface area contributed by atoms with Crippen LogP contribution < -0.4 is 4.74 Å². The lowest BCUT2D eigenvalue weighted by Crippen LogP contribution is -2.10. The van der Waals surface area contributed by atoms with Crippen molar-refractivity contribution in [1.82, 2.24) is 0 Å². The monoisotopic (exact) mass is 296 g/mol. The Hall–Kier alpha value is -2.07. The molecule has 1 aliphatic heterocycles. The van der Waals surface area contributed by atoms with E-state index in [1.54, 1.807) is 17.3 Å². The molecule has 0 bridgehead atoms. The molecule has 0 fully saturated rings. The van der Waals surface area contributed by atoms with Crippen LogP contribution in [0, 0.1) is 0 Å². The van der Waals surface area contributed by atoms with Gasteiger partial charge in [0.1, 0.15) is 5.75 Å². The minimum absolute atomic E-state index is 0.638. The van der Waals surface area contributed by atoms with E-state index in [-0.39, 0.29) is 0 Å². The van der Waals surface area contributed by atoms with E-state index < -0.39 is 0 Å². The van der Waals surface area contributed by atoms with Crippen molar-refractivity contribution in [3.8, 4) is 16.9 Å². The van der Waals surface area contributed by atoms with Crippen LogP contribution in [0.25, 0.3) is 11.1 Å². The van der Waals surface area contributed by atoms with E-state index in [0.29, 0.717) is 6.61 Å². The number of nitrogens with zero attached hydrogens (tertiary/aromatic N) is 2. The van der Waals surface area contributed by atoms with E-state index in [4.69, 9.17) is 4.74 Å². The van der Waals surface area contributed by atoms with Crippen LogP contribution in [0.4, 0.5) is 0 Å². The van der Waals surface area contributed by atoms with Gasteiger partial charge in [0.05, 0.1) is 17.9 Å². The summed E-state index contributed by atoms with van der Waals surface area (Å²) >= 11 is 1.67. The average molecular weight is 296 g/mol. The molecule has 3 rings (SSSR count). The van der Waals surface area contributed by atoms with Crippen LogP contribution in [0.2, 0.25) is 0 Å². The van der Waals surface area contributed by atoms with Crippen molar-refractivity contribution >= 4 is 23.0 Å². The Kier molecular flexibility index (Phi) is 4.69. The Morgan fingerprint density at radius 3 is 2.43 bits per heavy atom. The van der Waals surface area contributed by atoms with Crippen molar-refractivity contribution in [3.63, 3.8) is 0 Å². The van der Waals surface area contributed by atoms with Crippen LogP contribution in [0.3, 0.4) is 0 Å². The highest BCUT2D eigenvalue weighted by Gasteiger charge is 2.04. The molecule has 0 atom stereocenters. The van der Waals surface area contributed by atoms with Gasteiger partial charge in [0.15, 0.2) is 0 Å². The molecule has 0 spiro atoms. The summed E-state index contributed by atoms with van der Waals surface area (Å²) < 4.78 is 5.76. The Morgan fingerprint density at radius 2 is 1.71 bits per heavy atom. The van der Waals surface area contributed by atoms with Gasteiger partial charge in [-0.2, -0.15) is 10.2 Å². The molecule has 0 N–H and O–H groups in total. The lowest BCUT2D eigenvalue weighted by molar-refractivity contribution is 0.329. The highest BCUT2D eigenvalue weighted by molar-refractivity contribution is 8.12. The van der Waals surface area contributed by atoms with Crippen molar-refractivity contribution in [2.24, 2.45) is 10.2 Å². The largest absolute Gasteiger partial charge is 0.493 e. The van der Waals surface area contributed by atoms with Crippen LogP contribution in [-0.4, -0.2) is 23.6 Å². The maximum atomic E-state index is 5.76. The number of hydrogen-bond acceptors (Lipinski definition) is 4. The smallest absolute Gasteiger partial charge is 0.119 e. The molecular weight excluding hydrogens is 280 g/mol. The van der Waals surface area contributed by atoms with Crippen molar-refractivity contribution in [1.29, 1.82) is 0 Å². The van der Waals surface area contributed by atoms with E-state index in [9.17, 15) is 0 Å². The second-order valence-corrected chi connectivity index (χ2v) is 5.52. The van der Waals surface area contributed by atoms with Gasteiger partial charge in [-0.05, 0) is 23.3 Å². The molecule has 4 heteroatoms. The molecule has 0 unspecified atom stereocenters. The molecular formula is C17H16N2OS. The molecule has 0 radical (unpaired) electrons. The van der Waals surface area contributed by atoms with Gasteiger partial charge in [-0.1, -0.05) is 42.5 Å². The van der Waals surface area contributed by atoms with Gasteiger partial charge in [0, 0.05) is 12.2 Å². The van der Waals surface area contributed by atoms with Gasteiger partial charge in [0.25, 0.3) is 0 Å². The number of benzene rings is 2. The topological polar surface area (TPSA) is 34.0 Å². The summed E-state index contributed by atoms with van der Waals surface area (Å²) in [6.07, 6.45) is 0.824. The SMILES string of the molecule is C1=NN=C(CCOc2ccc(-c3ccccc3)cc2)CS1. The number of rotatable bonds is 5. The number of hydrogen-bond donors (Lipinski definition) is 0. The second kappa shape index (κ2) is 7.09. The zero-order chi connectivity index (χ0) is 14.3. The van der Waals surface area contributed by atoms with Crippen molar-refractivity contribution < 1.29 is 4.74 Å². The molecule has 2 aromatic carbocycles. The Bertz CT molecular complexity index is 636. The zero-order valence-electron chi connectivity index (χ0n) is 11.6. The van der Waals surface area contributed by atoms with E-state index >= 15 is 0 Å². The molecule has 0 saturated carbocycles. The lowest BCUT2D eigenvalue weighted by atomic mass is 10.1. The fourth-order valence-electron chi connectivity index (χ4n) is 2.08. The summed E-state index contributed by atoms with van der Waals surface area (Å²) in [5.41, 5.74) is 5.27. The van der Waals surface area contributed by atoms with E-state index in [2.05, 4.69) is 34.5 Å². The van der Waals surface area contributed by atoms with Crippen LogP contribution in [-0.2, 0) is 0 Å². The number of thioether (sulfide) groups is 1. The fourth-order valence-corrected chi connectivity index (χ4v) is 2.67. The zero-order valence-corrected chi connectivity index (χ0v) is 12.4. The molecule has 3 nitrogen and oxygen atoms in total. The second-order valence-electron chi connectivity index (χ2n) is 4.69. The third kappa shape index (κ3) is 3.95. The van der Waals surface area contributed by atoms with Crippen LogP contribution in [0.1, 0.15) is 6.42 Å². The highest BCUT2D eigenvalue weighted by atomic mass is 32.2. The maximum absolute atomic E-state index is 5.76. The predicted molar refractivity (Wildman–Crippen MR) is 90.4 cm³/mol. The van der Waals surface area contributed by atoms with Crippen LogP contribution in [0.15, 0.2) is 64.8 Å². The molecule has 0 amide bonds. The summed E-state index contributed by atoms with van der Waals surface area (Å²) in [7, 11) is 0. The fraction of sp³-hybridized carbons (Fsp3) is 0.176. The van der Waals surface area contributed by atoms with Crippen LogP contribution >= 0.6 is 11.8 Å². The van der Waals surface area contributed by atoms with Crippen molar-refractivity contribution in [2.75, 3.05) is 12.4 Å². The molecule has 106 valence electrons. The normalized spacial score (nSPS) is 13.8. The van der Waals surface area contributed by atoms with Crippen LogP contribution in [0.5, 0.6) is 5.75 Å². The molecule has 1 aliphatic rings. The van der Waals surface area contributed by atoms with E-state index in [1.807, 2.05) is 30.3 Å². The third-order valence-corrected chi connectivity index (χ3v) is 3.93. The van der Waals surface area contributed by atoms with E-state index in [1.165, 1.54) is 11.1 Å². The first-order chi connectivity index (χ1) is 10.4. The molecule has 0 saturated heterocycles. The van der Waals surface area contributed by atoms with Gasteiger partial charge in [-0.3, -0.25) is 0 Å². The van der Waals surface area contributed by atoms with Gasteiger partial charge < -0.3 is 4.74 Å². The first kappa shape index (κ1) is 13.9. The van der Waals surface area contributed by atoms with Crippen molar-refractivity contribution in [3.05, 3.63) is 54.6 Å². The Balaban J connectivity index is 1.55. The van der Waals surface area contributed by atoms with Gasteiger partial charge in [-0.25, -0.2) is 0 Å². The molecule has 21 heavy (non-hydrogen) atoms. The average Bonchev–Trinajstić information content (AvgIpc) is 2.57. The summed E-state index contributed by atoms with van der Waals surface area (Å²) in [6.45, 7) is 0.638. The minimum atomic E-state index is 0.638. The predicted octanol–water partition coefficient (Wildman–Crippen LogP) is 4.25. The quantitative estimate of drug-likeness (QED) is 0.826. The third-order valence-electron chi connectivity index (χ3n) is 3.19. The Morgan fingerprint density at radius 1 is 0.952 bits per heavy atom. The van der Waals surface area contributed by atoms with Gasteiger partial charge >= 0.3 is 0 Å². The first-order valence-corrected chi connectivity index (χ1v) is 7.94. The standard InChI is InChI=1S/C17H16N2OS/c1-2-4-14(5-3-1)15-6-8-17(9-7-15)20-11-10-16-12-21-13-18-19-16/h1-9,13H,10-12H2. The highest BCUT2D eigenvalue weighted by Crippen LogP contribution is 2.22.